The highest BCUT2D eigenvalue weighted by atomic mass is 16.5. The van der Waals surface area contributed by atoms with Crippen LogP contribution >= 0.6 is 0 Å². The van der Waals surface area contributed by atoms with Gasteiger partial charge in [-0.3, -0.25) is 5.10 Å². The zero-order valence-electron chi connectivity index (χ0n) is 13.7. The fourth-order valence-electron chi connectivity index (χ4n) is 3.29. The zero-order chi connectivity index (χ0) is 17.2. The van der Waals surface area contributed by atoms with Gasteiger partial charge in [0.15, 0.2) is 0 Å². The fourth-order valence-corrected chi connectivity index (χ4v) is 3.29. The van der Waals surface area contributed by atoms with Gasteiger partial charge in [0.2, 0.25) is 0 Å². The summed E-state index contributed by atoms with van der Waals surface area (Å²) in [4.78, 5) is 0. The third kappa shape index (κ3) is 2.45. The van der Waals surface area contributed by atoms with Crippen LogP contribution in [-0.4, -0.2) is 17.3 Å². The third-order valence-electron chi connectivity index (χ3n) is 4.42. The summed E-state index contributed by atoms with van der Waals surface area (Å²) in [5.41, 5.74) is 4.26. The largest absolute Gasteiger partial charge is 0.496 e. The highest BCUT2D eigenvalue weighted by Crippen LogP contribution is 2.45. The van der Waals surface area contributed by atoms with Gasteiger partial charge in [0.05, 0.1) is 36.6 Å². The van der Waals surface area contributed by atoms with Gasteiger partial charge in [0.25, 0.3) is 0 Å². The highest BCUT2D eigenvalue weighted by molar-refractivity contribution is 5.86. The predicted octanol–water partition coefficient (Wildman–Crippen LogP) is 3.91. The number of nitriles is 1. The van der Waals surface area contributed by atoms with E-state index >= 15 is 0 Å². The number of fused-ring (bicyclic) bond motifs is 1. The summed E-state index contributed by atoms with van der Waals surface area (Å²) < 4.78 is 5.54. The number of nitrogens with zero attached hydrogens (tertiary/aromatic N) is 2. The van der Waals surface area contributed by atoms with Crippen LogP contribution in [-0.2, 0) is 0 Å². The van der Waals surface area contributed by atoms with Crippen molar-refractivity contribution in [3.8, 4) is 11.8 Å². The van der Waals surface area contributed by atoms with Crippen LogP contribution in [0.5, 0.6) is 5.75 Å². The molecule has 0 amide bonds. The van der Waals surface area contributed by atoms with Crippen molar-refractivity contribution < 1.29 is 4.74 Å². The van der Waals surface area contributed by atoms with Crippen LogP contribution < -0.4 is 10.1 Å². The maximum atomic E-state index is 9.96. The van der Waals surface area contributed by atoms with Gasteiger partial charge in [-0.05, 0) is 11.6 Å². The second kappa shape index (κ2) is 6.17. The van der Waals surface area contributed by atoms with E-state index in [1.807, 2.05) is 54.6 Å². The monoisotopic (exact) mass is 328 g/mol. The average molecular weight is 328 g/mol. The first-order valence-electron chi connectivity index (χ1n) is 7.96. The molecule has 25 heavy (non-hydrogen) atoms. The van der Waals surface area contributed by atoms with E-state index in [2.05, 4.69) is 21.6 Å². The van der Waals surface area contributed by atoms with Crippen LogP contribution in [0, 0.1) is 11.3 Å². The maximum absolute atomic E-state index is 9.96. The number of rotatable bonds is 3. The Morgan fingerprint density at radius 3 is 2.56 bits per heavy atom. The number of nitrogens with one attached hydrogen (secondary N) is 2. The molecule has 0 spiro atoms. The van der Waals surface area contributed by atoms with E-state index in [1.54, 1.807) is 13.3 Å². The minimum Gasteiger partial charge on any atom is -0.496 e. The lowest BCUT2D eigenvalue weighted by molar-refractivity contribution is 0.409. The van der Waals surface area contributed by atoms with E-state index < -0.39 is 0 Å². The lowest BCUT2D eigenvalue weighted by Gasteiger charge is -2.27. The normalized spacial score (nSPS) is 15.9. The van der Waals surface area contributed by atoms with Gasteiger partial charge >= 0.3 is 0 Å². The Morgan fingerprint density at radius 1 is 1.04 bits per heavy atom. The van der Waals surface area contributed by atoms with Gasteiger partial charge < -0.3 is 10.1 Å². The number of aromatic amines is 1. The van der Waals surface area contributed by atoms with Gasteiger partial charge in [-0.2, -0.15) is 10.4 Å². The molecule has 5 nitrogen and oxygen atoms in total. The van der Waals surface area contributed by atoms with E-state index in [0.717, 1.165) is 34.0 Å². The van der Waals surface area contributed by atoms with E-state index in [9.17, 15) is 5.26 Å². The molecule has 1 unspecified atom stereocenters. The van der Waals surface area contributed by atoms with Crippen LogP contribution in [0.25, 0.3) is 5.70 Å². The van der Waals surface area contributed by atoms with Gasteiger partial charge in [-0.15, -0.1) is 0 Å². The van der Waals surface area contributed by atoms with Crippen LogP contribution in [0.15, 0.2) is 66.4 Å². The maximum Gasteiger partial charge on any atom is 0.130 e. The van der Waals surface area contributed by atoms with Crippen LogP contribution in [0.3, 0.4) is 0 Å². The number of ether oxygens (including phenoxy) is 1. The van der Waals surface area contributed by atoms with Crippen LogP contribution in [0.4, 0.5) is 5.82 Å². The molecule has 1 aromatic heterocycles. The minimum atomic E-state index is -0.244. The van der Waals surface area contributed by atoms with Crippen molar-refractivity contribution >= 4 is 11.5 Å². The molecule has 2 N–H and O–H groups in total. The molecule has 4 rings (SSSR count). The summed E-state index contributed by atoms with van der Waals surface area (Å²) in [5, 5.41) is 20.5. The Bertz CT molecular complexity index is 982. The molecule has 122 valence electrons. The second-order valence-electron chi connectivity index (χ2n) is 5.77. The Labute approximate surface area is 145 Å². The van der Waals surface area contributed by atoms with E-state index in [4.69, 9.17) is 4.74 Å². The summed E-state index contributed by atoms with van der Waals surface area (Å²) in [7, 11) is 1.64. The average Bonchev–Trinajstić information content (AvgIpc) is 3.15. The lowest BCUT2D eigenvalue weighted by Crippen LogP contribution is -2.17. The van der Waals surface area contributed by atoms with Crippen molar-refractivity contribution in [1.29, 1.82) is 5.26 Å². The zero-order valence-corrected chi connectivity index (χ0v) is 13.7. The number of methoxy groups -OCH3 is 1. The SMILES string of the molecule is COc1ccccc1C1C(C#N)=C(c2ccccc2)Nc2[nH]ncc21. The molecule has 0 saturated carbocycles. The minimum absolute atomic E-state index is 0.244. The Hall–Kier alpha value is -3.52. The van der Waals surface area contributed by atoms with E-state index in [-0.39, 0.29) is 5.92 Å². The number of H-pyrrole nitrogens is 1. The van der Waals surface area contributed by atoms with Gasteiger partial charge in [-0.25, -0.2) is 0 Å². The molecule has 1 atom stereocenters. The first-order chi connectivity index (χ1) is 12.3. The quantitative estimate of drug-likeness (QED) is 0.764. The first-order valence-corrected chi connectivity index (χ1v) is 7.96. The second-order valence-corrected chi connectivity index (χ2v) is 5.77. The van der Waals surface area contributed by atoms with Crippen LogP contribution in [0.2, 0.25) is 0 Å². The molecular weight excluding hydrogens is 312 g/mol. The highest BCUT2D eigenvalue weighted by Gasteiger charge is 2.33. The molecule has 0 aliphatic carbocycles. The van der Waals surface area contributed by atoms with Crippen molar-refractivity contribution in [3.63, 3.8) is 0 Å². The number of benzene rings is 2. The van der Waals surface area contributed by atoms with E-state index in [1.165, 1.54) is 0 Å². The molecule has 3 aromatic rings. The number of para-hydroxylation sites is 1. The van der Waals surface area contributed by atoms with Crippen molar-refractivity contribution in [2.75, 3.05) is 12.4 Å². The Kier molecular flexibility index (Phi) is 3.71. The molecule has 5 heteroatoms. The van der Waals surface area contributed by atoms with Crippen LogP contribution in [0.1, 0.15) is 22.6 Å². The molecule has 0 radical (unpaired) electrons. The van der Waals surface area contributed by atoms with Crippen molar-refractivity contribution in [2.45, 2.75) is 5.92 Å². The standard InChI is InChI=1S/C20H16N4O/c1-25-17-10-6-5-9-14(17)18-15(11-21)19(13-7-3-2-4-8-13)23-20-16(18)12-22-24-20/h2-10,12,18H,1H3,(H2,22,23,24). The summed E-state index contributed by atoms with van der Waals surface area (Å²) in [6, 6.07) is 20.0. The van der Waals surface area contributed by atoms with Crippen molar-refractivity contribution in [3.05, 3.63) is 83.1 Å². The molecule has 1 aliphatic rings. The molecule has 1 aliphatic heterocycles. The topological polar surface area (TPSA) is 73.7 Å². The Balaban J connectivity index is 1.98. The number of hydrogen-bond acceptors (Lipinski definition) is 4. The van der Waals surface area contributed by atoms with Gasteiger partial charge in [-0.1, -0.05) is 48.5 Å². The summed E-state index contributed by atoms with van der Waals surface area (Å²) >= 11 is 0. The molecule has 0 bridgehead atoms. The summed E-state index contributed by atoms with van der Waals surface area (Å²) in [6.07, 6.45) is 1.76. The van der Waals surface area contributed by atoms with Gasteiger partial charge in [0, 0.05) is 11.1 Å². The van der Waals surface area contributed by atoms with Crippen molar-refractivity contribution in [1.82, 2.24) is 10.2 Å². The fraction of sp³-hybridized carbons (Fsp3) is 0.100. The van der Waals surface area contributed by atoms with Crippen molar-refractivity contribution in [2.24, 2.45) is 0 Å². The number of aromatic nitrogens is 2. The number of allylic oxidation sites excluding steroid dienone is 1. The van der Waals surface area contributed by atoms with E-state index in [0.29, 0.717) is 5.57 Å². The summed E-state index contributed by atoms with van der Waals surface area (Å²) in [6.45, 7) is 0. The first kappa shape index (κ1) is 15.0. The number of anilines is 1. The Morgan fingerprint density at radius 2 is 1.80 bits per heavy atom. The third-order valence-corrected chi connectivity index (χ3v) is 4.42. The number of hydrogen-bond donors (Lipinski definition) is 2. The lowest BCUT2D eigenvalue weighted by atomic mass is 9.81. The summed E-state index contributed by atoms with van der Waals surface area (Å²) in [5.74, 6) is 1.31. The predicted molar refractivity (Wildman–Crippen MR) is 96.0 cm³/mol. The molecule has 0 fully saturated rings. The molecule has 0 saturated heterocycles. The smallest absolute Gasteiger partial charge is 0.130 e. The molecule has 2 aromatic carbocycles. The molecular formula is C20H16N4O. The molecule has 2 heterocycles. The van der Waals surface area contributed by atoms with Gasteiger partial charge in [0.1, 0.15) is 11.6 Å².